The molecular formula is C8H6ClF3N2O. The van der Waals surface area contributed by atoms with Crippen molar-refractivity contribution in [1.82, 2.24) is 4.98 Å². The molecule has 1 rings (SSSR count). The fourth-order valence-corrected chi connectivity index (χ4v) is 0.998. The van der Waals surface area contributed by atoms with Gasteiger partial charge in [-0.2, -0.15) is 13.2 Å². The van der Waals surface area contributed by atoms with Crippen molar-refractivity contribution in [3.63, 3.8) is 0 Å². The minimum absolute atomic E-state index is 0.0633. The summed E-state index contributed by atoms with van der Waals surface area (Å²) in [7, 11) is 0. The summed E-state index contributed by atoms with van der Waals surface area (Å²) in [6.45, 7) is 0. The van der Waals surface area contributed by atoms with Gasteiger partial charge >= 0.3 is 6.18 Å². The Labute approximate surface area is 88.3 Å². The van der Waals surface area contributed by atoms with Crippen LogP contribution < -0.4 is 5.32 Å². The second kappa shape index (κ2) is 4.48. The van der Waals surface area contributed by atoms with Crippen molar-refractivity contribution in [3.05, 3.63) is 23.5 Å². The summed E-state index contributed by atoms with van der Waals surface area (Å²) in [6.07, 6.45) is -3.53. The Morgan fingerprint density at radius 2 is 2.20 bits per heavy atom. The van der Waals surface area contributed by atoms with E-state index < -0.39 is 18.5 Å². The lowest BCUT2D eigenvalue weighted by Crippen LogP contribution is -2.21. The highest BCUT2D eigenvalue weighted by Gasteiger charge is 2.31. The molecule has 0 unspecified atom stereocenters. The third-order valence-electron chi connectivity index (χ3n) is 1.40. The molecule has 1 aromatic rings. The molecule has 0 atom stereocenters. The van der Waals surface area contributed by atoms with Gasteiger partial charge in [-0.3, -0.25) is 9.78 Å². The first-order valence-corrected chi connectivity index (χ1v) is 4.22. The van der Waals surface area contributed by atoms with Crippen molar-refractivity contribution in [2.45, 2.75) is 12.6 Å². The number of nitrogens with one attached hydrogen (secondary N) is 1. The maximum absolute atomic E-state index is 11.8. The van der Waals surface area contributed by atoms with E-state index in [4.69, 9.17) is 11.6 Å². The van der Waals surface area contributed by atoms with E-state index in [1.807, 2.05) is 5.32 Å². The number of hydrogen-bond donors (Lipinski definition) is 1. The molecule has 0 aliphatic heterocycles. The molecule has 0 aliphatic carbocycles. The minimum Gasteiger partial charge on any atom is -0.323 e. The van der Waals surface area contributed by atoms with Gasteiger partial charge in [0, 0.05) is 6.20 Å². The summed E-state index contributed by atoms with van der Waals surface area (Å²) in [5.74, 6) is -1.17. The molecule has 0 aliphatic rings. The van der Waals surface area contributed by atoms with Crippen LogP contribution in [-0.2, 0) is 4.79 Å². The highest BCUT2D eigenvalue weighted by Crippen LogP contribution is 2.23. The van der Waals surface area contributed by atoms with E-state index in [9.17, 15) is 18.0 Å². The predicted molar refractivity (Wildman–Crippen MR) is 48.5 cm³/mol. The van der Waals surface area contributed by atoms with E-state index >= 15 is 0 Å². The Hall–Kier alpha value is -1.30. The number of hydrogen-bond acceptors (Lipinski definition) is 2. The fraction of sp³-hybridized carbons (Fsp3) is 0.250. The van der Waals surface area contributed by atoms with Gasteiger partial charge in [-0.05, 0) is 6.07 Å². The zero-order valence-electron chi connectivity index (χ0n) is 7.31. The van der Waals surface area contributed by atoms with Gasteiger partial charge in [0.2, 0.25) is 5.91 Å². The van der Waals surface area contributed by atoms with Crippen molar-refractivity contribution in [2.75, 3.05) is 5.32 Å². The summed E-state index contributed by atoms with van der Waals surface area (Å²) >= 11 is 5.60. The Balaban J connectivity index is 2.64. The molecule has 0 radical (unpaired) electrons. The highest BCUT2D eigenvalue weighted by molar-refractivity contribution is 6.33. The van der Waals surface area contributed by atoms with Crippen LogP contribution in [0.15, 0.2) is 18.5 Å². The Kier molecular flexibility index (Phi) is 3.52. The highest BCUT2D eigenvalue weighted by atomic mass is 35.5. The van der Waals surface area contributed by atoms with E-state index in [0.29, 0.717) is 0 Å². The van der Waals surface area contributed by atoms with Crippen molar-refractivity contribution < 1.29 is 18.0 Å². The molecule has 0 spiro atoms. The van der Waals surface area contributed by atoms with E-state index in [-0.39, 0.29) is 10.7 Å². The molecule has 0 saturated carbocycles. The summed E-state index contributed by atoms with van der Waals surface area (Å²) in [5.41, 5.74) is 0.0633. The van der Waals surface area contributed by atoms with E-state index in [1.54, 1.807) is 0 Å². The van der Waals surface area contributed by atoms with Crippen LogP contribution in [0.4, 0.5) is 18.9 Å². The number of aromatic nitrogens is 1. The number of carbonyl (C=O) groups is 1. The van der Waals surface area contributed by atoms with E-state index in [1.165, 1.54) is 18.5 Å². The van der Waals surface area contributed by atoms with Gasteiger partial charge in [0.15, 0.2) is 0 Å². The van der Waals surface area contributed by atoms with Gasteiger partial charge in [0.25, 0.3) is 0 Å². The largest absolute Gasteiger partial charge is 0.397 e. The SMILES string of the molecule is O=C(CC(F)(F)F)Nc1cnccc1Cl. The number of nitrogens with zero attached hydrogens (tertiary/aromatic N) is 1. The molecule has 7 heteroatoms. The zero-order chi connectivity index (χ0) is 11.5. The lowest BCUT2D eigenvalue weighted by atomic mass is 10.3. The Morgan fingerprint density at radius 3 is 2.73 bits per heavy atom. The van der Waals surface area contributed by atoms with Gasteiger partial charge in [0.1, 0.15) is 6.42 Å². The average molecular weight is 239 g/mol. The van der Waals surface area contributed by atoms with Crippen molar-refractivity contribution in [3.8, 4) is 0 Å². The maximum atomic E-state index is 11.8. The van der Waals surface area contributed by atoms with Crippen LogP contribution in [-0.4, -0.2) is 17.1 Å². The second-order valence-electron chi connectivity index (χ2n) is 2.70. The topological polar surface area (TPSA) is 42.0 Å². The number of halogens is 4. The first-order chi connectivity index (χ1) is 6.88. The van der Waals surface area contributed by atoms with Crippen molar-refractivity contribution in [1.29, 1.82) is 0 Å². The first-order valence-electron chi connectivity index (χ1n) is 3.84. The van der Waals surface area contributed by atoms with Crippen LogP contribution in [0.5, 0.6) is 0 Å². The van der Waals surface area contributed by atoms with Crippen LogP contribution >= 0.6 is 11.6 Å². The zero-order valence-corrected chi connectivity index (χ0v) is 8.06. The van der Waals surface area contributed by atoms with Crippen LogP contribution in [0.25, 0.3) is 0 Å². The monoisotopic (exact) mass is 238 g/mol. The smallest absolute Gasteiger partial charge is 0.323 e. The number of anilines is 1. The predicted octanol–water partition coefficient (Wildman–Crippen LogP) is 2.63. The molecule has 0 bridgehead atoms. The van der Waals surface area contributed by atoms with Gasteiger partial charge in [-0.1, -0.05) is 11.6 Å². The minimum atomic E-state index is -4.53. The summed E-state index contributed by atoms with van der Waals surface area (Å²) in [6, 6.07) is 1.37. The molecule has 0 fully saturated rings. The van der Waals surface area contributed by atoms with Crippen LogP contribution in [0.3, 0.4) is 0 Å². The third kappa shape index (κ3) is 4.16. The fourth-order valence-electron chi connectivity index (χ4n) is 0.846. The van der Waals surface area contributed by atoms with Gasteiger partial charge < -0.3 is 5.32 Å². The molecule has 0 aromatic carbocycles. The number of carbonyl (C=O) groups excluding carboxylic acids is 1. The molecule has 0 saturated heterocycles. The van der Waals surface area contributed by atoms with Crippen LogP contribution in [0.2, 0.25) is 5.02 Å². The molecule has 3 nitrogen and oxygen atoms in total. The molecular weight excluding hydrogens is 233 g/mol. The molecule has 1 N–H and O–H groups in total. The molecule has 15 heavy (non-hydrogen) atoms. The van der Waals surface area contributed by atoms with Crippen LogP contribution in [0, 0.1) is 0 Å². The van der Waals surface area contributed by atoms with E-state index in [2.05, 4.69) is 4.98 Å². The molecule has 82 valence electrons. The quantitative estimate of drug-likeness (QED) is 0.861. The molecule has 1 amide bonds. The maximum Gasteiger partial charge on any atom is 0.397 e. The third-order valence-corrected chi connectivity index (χ3v) is 1.73. The van der Waals surface area contributed by atoms with Gasteiger partial charge in [-0.25, -0.2) is 0 Å². The number of amides is 1. The molecule has 1 heterocycles. The van der Waals surface area contributed by atoms with Crippen molar-refractivity contribution in [2.24, 2.45) is 0 Å². The number of rotatable bonds is 2. The number of pyridine rings is 1. The molecule has 1 aromatic heterocycles. The lowest BCUT2D eigenvalue weighted by Gasteiger charge is -2.08. The van der Waals surface area contributed by atoms with E-state index in [0.717, 1.165) is 0 Å². The summed E-state index contributed by atoms with van der Waals surface area (Å²) in [5, 5.41) is 2.15. The van der Waals surface area contributed by atoms with Crippen LogP contribution in [0.1, 0.15) is 6.42 Å². The lowest BCUT2D eigenvalue weighted by molar-refractivity contribution is -0.150. The first kappa shape index (κ1) is 11.8. The normalized spacial score (nSPS) is 11.2. The Morgan fingerprint density at radius 1 is 1.53 bits per heavy atom. The number of alkyl halides is 3. The summed E-state index contributed by atoms with van der Waals surface area (Å²) < 4.78 is 35.4. The van der Waals surface area contributed by atoms with Crippen molar-refractivity contribution >= 4 is 23.2 Å². The van der Waals surface area contributed by atoms with Gasteiger partial charge in [0.05, 0.1) is 16.9 Å². The second-order valence-corrected chi connectivity index (χ2v) is 3.10. The van der Waals surface area contributed by atoms with Gasteiger partial charge in [-0.15, -0.1) is 0 Å². The average Bonchev–Trinajstić information content (AvgIpc) is 2.05. The standard InChI is InChI=1S/C8H6ClF3N2O/c9-5-1-2-13-4-6(5)14-7(15)3-8(10,11)12/h1-2,4H,3H2,(H,14,15). The summed E-state index contributed by atoms with van der Waals surface area (Å²) in [4.78, 5) is 14.5. The Bertz CT molecular complexity index is 367.